The summed E-state index contributed by atoms with van der Waals surface area (Å²) >= 11 is 0. The van der Waals surface area contributed by atoms with Crippen molar-refractivity contribution >= 4 is 11.9 Å². The standard InChI is InChI=1S/C13H23N5O/c1-4-10(8-9-6-7-9)15-12-16-11(14-3)17-13(18-12)19-5-2/h9-10H,4-8H2,1-3H3,(H2,14,15,16,17,18). The molecule has 0 spiro atoms. The normalized spacial score (nSPS) is 15.9. The quantitative estimate of drug-likeness (QED) is 0.751. The van der Waals surface area contributed by atoms with Crippen molar-refractivity contribution in [2.24, 2.45) is 5.92 Å². The maximum atomic E-state index is 5.36. The van der Waals surface area contributed by atoms with Gasteiger partial charge < -0.3 is 15.4 Å². The number of ether oxygens (including phenoxy) is 1. The molecule has 6 heteroatoms. The van der Waals surface area contributed by atoms with Crippen LogP contribution < -0.4 is 15.4 Å². The van der Waals surface area contributed by atoms with Crippen molar-refractivity contribution in [1.29, 1.82) is 0 Å². The van der Waals surface area contributed by atoms with E-state index in [0.29, 0.717) is 30.6 Å². The van der Waals surface area contributed by atoms with Crippen molar-refractivity contribution in [3.63, 3.8) is 0 Å². The van der Waals surface area contributed by atoms with Crippen LogP contribution in [0.1, 0.15) is 39.5 Å². The highest BCUT2D eigenvalue weighted by Crippen LogP contribution is 2.34. The van der Waals surface area contributed by atoms with Gasteiger partial charge in [0.1, 0.15) is 0 Å². The molecule has 0 amide bonds. The minimum atomic E-state index is 0.366. The van der Waals surface area contributed by atoms with Gasteiger partial charge in [0.15, 0.2) is 0 Å². The molecule has 19 heavy (non-hydrogen) atoms. The minimum absolute atomic E-state index is 0.366. The Morgan fingerprint density at radius 2 is 1.95 bits per heavy atom. The molecule has 1 unspecified atom stereocenters. The van der Waals surface area contributed by atoms with Crippen LogP contribution in [0.25, 0.3) is 0 Å². The van der Waals surface area contributed by atoms with E-state index in [1.165, 1.54) is 19.3 Å². The Hall–Kier alpha value is -1.59. The zero-order chi connectivity index (χ0) is 13.7. The second-order valence-corrected chi connectivity index (χ2v) is 4.88. The first-order chi connectivity index (χ1) is 9.25. The van der Waals surface area contributed by atoms with Gasteiger partial charge in [0.25, 0.3) is 0 Å². The first-order valence-corrected chi connectivity index (χ1v) is 7.08. The van der Waals surface area contributed by atoms with Crippen LogP contribution in [0.4, 0.5) is 11.9 Å². The van der Waals surface area contributed by atoms with Crippen LogP contribution in [0.15, 0.2) is 0 Å². The molecule has 106 valence electrons. The summed E-state index contributed by atoms with van der Waals surface area (Å²) < 4.78 is 5.36. The third-order valence-corrected chi connectivity index (χ3v) is 3.25. The molecule has 1 heterocycles. The van der Waals surface area contributed by atoms with Crippen LogP contribution in [-0.4, -0.2) is 34.6 Å². The predicted octanol–water partition coefficient (Wildman–Crippen LogP) is 2.30. The van der Waals surface area contributed by atoms with Crippen LogP contribution in [-0.2, 0) is 0 Å². The Morgan fingerprint density at radius 3 is 2.53 bits per heavy atom. The highest BCUT2D eigenvalue weighted by molar-refractivity contribution is 5.36. The number of nitrogens with one attached hydrogen (secondary N) is 2. The van der Waals surface area contributed by atoms with E-state index >= 15 is 0 Å². The second kappa shape index (κ2) is 6.54. The van der Waals surface area contributed by atoms with Gasteiger partial charge >= 0.3 is 6.01 Å². The zero-order valence-corrected chi connectivity index (χ0v) is 11.9. The molecule has 0 saturated heterocycles. The molecular formula is C13H23N5O. The molecule has 1 fully saturated rings. The van der Waals surface area contributed by atoms with Crippen LogP contribution in [0, 0.1) is 5.92 Å². The number of hydrogen-bond donors (Lipinski definition) is 2. The van der Waals surface area contributed by atoms with E-state index in [1.807, 2.05) is 6.92 Å². The van der Waals surface area contributed by atoms with E-state index in [0.717, 1.165) is 12.3 Å². The Labute approximate surface area is 114 Å². The summed E-state index contributed by atoms with van der Waals surface area (Å²) in [6.07, 6.45) is 4.99. The number of hydrogen-bond acceptors (Lipinski definition) is 6. The molecule has 2 rings (SSSR count). The van der Waals surface area contributed by atoms with E-state index in [2.05, 4.69) is 32.5 Å². The van der Waals surface area contributed by atoms with E-state index in [1.54, 1.807) is 7.05 Å². The molecule has 1 aromatic rings. The molecule has 2 N–H and O–H groups in total. The summed E-state index contributed by atoms with van der Waals surface area (Å²) in [5, 5.41) is 6.32. The summed E-state index contributed by atoms with van der Waals surface area (Å²) in [6, 6.07) is 0.791. The number of aromatic nitrogens is 3. The predicted molar refractivity (Wildman–Crippen MR) is 75.6 cm³/mol. The lowest BCUT2D eigenvalue weighted by Gasteiger charge is -2.17. The van der Waals surface area contributed by atoms with Crippen molar-refractivity contribution in [3.8, 4) is 6.01 Å². The fourth-order valence-corrected chi connectivity index (χ4v) is 1.99. The third kappa shape index (κ3) is 4.22. The van der Waals surface area contributed by atoms with Gasteiger partial charge in [-0.25, -0.2) is 0 Å². The van der Waals surface area contributed by atoms with E-state index in [-0.39, 0.29) is 0 Å². The van der Waals surface area contributed by atoms with Crippen LogP contribution >= 0.6 is 0 Å². The van der Waals surface area contributed by atoms with Gasteiger partial charge in [-0.1, -0.05) is 19.8 Å². The highest BCUT2D eigenvalue weighted by Gasteiger charge is 2.25. The Bertz CT molecular complexity index is 408. The van der Waals surface area contributed by atoms with Crippen molar-refractivity contribution < 1.29 is 4.74 Å². The topological polar surface area (TPSA) is 72.0 Å². The third-order valence-electron chi connectivity index (χ3n) is 3.25. The fraction of sp³-hybridized carbons (Fsp3) is 0.769. The average Bonchev–Trinajstić information content (AvgIpc) is 3.22. The van der Waals surface area contributed by atoms with Crippen molar-refractivity contribution in [3.05, 3.63) is 0 Å². The summed E-state index contributed by atoms with van der Waals surface area (Å²) in [5.74, 6) is 2.01. The molecule has 1 aliphatic carbocycles. The van der Waals surface area contributed by atoms with Gasteiger partial charge in [-0.15, -0.1) is 0 Å². The lowest BCUT2D eigenvalue weighted by molar-refractivity contribution is 0.312. The van der Waals surface area contributed by atoms with Crippen LogP contribution in [0.5, 0.6) is 6.01 Å². The number of nitrogens with zero attached hydrogens (tertiary/aromatic N) is 3. The molecule has 0 bridgehead atoms. The number of rotatable bonds is 8. The van der Waals surface area contributed by atoms with Crippen LogP contribution in [0.3, 0.4) is 0 Å². The molecule has 6 nitrogen and oxygen atoms in total. The van der Waals surface area contributed by atoms with Gasteiger partial charge in [0.2, 0.25) is 11.9 Å². The summed E-state index contributed by atoms with van der Waals surface area (Å²) in [4.78, 5) is 12.8. The van der Waals surface area contributed by atoms with Gasteiger partial charge in [0.05, 0.1) is 6.61 Å². The lowest BCUT2D eigenvalue weighted by Crippen LogP contribution is -2.21. The summed E-state index contributed by atoms with van der Waals surface area (Å²) in [7, 11) is 1.79. The van der Waals surface area contributed by atoms with E-state index < -0.39 is 0 Å². The van der Waals surface area contributed by atoms with Gasteiger partial charge in [0, 0.05) is 13.1 Å². The van der Waals surface area contributed by atoms with Gasteiger partial charge in [-0.2, -0.15) is 15.0 Å². The van der Waals surface area contributed by atoms with E-state index in [4.69, 9.17) is 4.74 Å². The monoisotopic (exact) mass is 265 g/mol. The second-order valence-electron chi connectivity index (χ2n) is 4.88. The fourth-order valence-electron chi connectivity index (χ4n) is 1.99. The first-order valence-electron chi connectivity index (χ1n) is 7.08. The molecule has 0 radical (unpaired) electrons. The van der Waals surface area contributed by atoms with Gasteiger partial charge in [-0.05, 0) is 25.7 Å². The molecule has 1 atom stereocenters. The molecule has 0 aromatic carbocycles. The van der Waals surface area contributed by atoms with Crippen LogP contribution in [0.2, 0.25) is 0 Å². The first kappa shape index (κ1) is 13.8. The average molecular weight is 265 g/mol. The molecule has 1 aromatic heterocycles. The molecule has 1 saturated carbocycles. The maximum Gasteiger partial charge on any atom is 0.323 e. The highest BCUT2D eigenvalue weighted by atomic mass is 16.5. The Balaban J connectivity index is 2.05. The van der Waals surface area contributed by atoms with Crippen molar-refractivity contribution in [2.75, 3.05) is 24.3 Å². The lowest BCUT2D eigenvalue weighted by atomic mass is 10.1. The summed E-state index contributed by atoms with van der Waals surface area (Å²) in [5.41, 5.74) is 0. The van der Waals surface area contributed by atoms with Gasteiger partial charge in [-0.3, -0.25) is 0 Å². The largest absolute Gasteiger partial charge is 0.464 e. The number of anilines is 2. The summed E-state index contributed by atoms with van der Waals surface area (Å²) in [6.45, 7) is 4.65. The van der Waals surface area contributed by atoms with Crippen molar-refractivity contribution in [1.82, 2.24) is 15.0 Å². The molecule has 0 aliphatic heterocycles. The van der Waals surface area contributed by atoms with E-state index in [9.17, 15) is 0 Å². The SMILES string of the molecule is CCOc1nc(NC)nc(NC(CC)CC2CC2)n1. The Morgan fingerprint density at radius 1 is 1.21 bits per heavy atom. The minimum Gasteiger partial charge on any atom is -0.464 e. The maximum absolute atomic E-state index is 5.36. The Kier molecular flexibility index (Phi) is 4.76. The molecule has 1 aliphatic rings. The van der Waals surface area contributed by atoms with Crippen molar-refractivity contribution in [2.45, 2.75) is 45.6 Å². The smallest absolute Gasteiger partial charge is 0.323 e. The zero-order valence-electron chi connectivity index (χ0n) is 11.9. The molecular weight excluding hydrogens is 242 g/mol.